The summed E-state index contributed by atoms with van der Waals surface area (Å²) in [6, 6.07) is 7.06. The molecule has 2 aromatic rings. The van der Waals surface area contributed by atoms with Gasteiger partial charge in [-0.3, -0.25) is 14.9 Å². The Morgan fingerprint density at radius 2 is 2.07 bits per heavy atom. The average molecular weight is 483 g/mol. The van der Waals surface area contributed by atoms with Gasteiger partial charge in [-0.25, -0.2) is 17.7 Å². The fourth-order valence-corrected chi connectivity index (χ4v) is 4.39. The van der Waals surface area contributed by atoms with Gasteiger partial charge in [-0.05, 0) is 59.5 Å². The van der Waals surface area contributed by atoms with Crippen molar-refractivity contribution in [3.8, 4) is 0 Å². The monoisotopic (exact) mass is 482 g/mol. The van der Waals surface area contributed by atoms with E-state index in [9.17, 15) is 23.3 Å². The van der Waals surface area contributed by atoms with Crippen LogP contribution < -0.4 is 10.0 Å². The molecule has 11 heteroatoms. The Bertz CT molecular complexity index is 1090. The lowest BCUT2D eigenvalue weighted by molar-refractivity contribution is -0.384. The molecule has 1 aromatic carbocycles. The van der Waals surface area contributed by atoms with E-state index in [2.05, 4.69) is 27.5 Å². The molecule has 1 heterocycles. The minimum absolute atomic E-state index is 0.0457. The van der Waals surface area contributed by atoms with Crippen molar-refractivity contribution < 1.29 is 18.1 Å². The largest absolute Gasteiger partial charge is 0.368 e. The molecule has 0 radical (unpaired) electrons. The Hall–Kier alpha value is -2.79. The van der Waals surface area contributed by atoms with E-state index in [1.54, 1.807) is 18.2 Å². The van der Waals surface area contributed by atoms with Gasteiger partial charge in [0.2, 0.25) is 5.91 Å². The van der Waals surface area contributed by atoms with Crippen LogP contribution in [0.2, 0.25) is 0 Å². The smallest absolute Gasteiger partial charge is 0.269 e. The van der Waals surface area contributed by atoms with Crippen LogP contribution in [-0.4, -0.2) is 29.5 Å². The molecule has 1 amide bonds. The second-order valence-corrected chi connectivity index (χ2v) is 9.11. The molecule has 0 fully saturated rings. The second-order valence-electron chi connectivity index (χ2n) is 6.19. The number of allylic oxidation sites excluding steroid dienone is 1. The van der Waals surface area contributed by atoms with E-state index in [4.69, 9.17) is 5.73 Å². The molecule has 154 valence electrons. The molecule has 2 rings (SSSR count). The van der Waals surface area contributed by atoms with Crippen LogP contribution in [0.5, 0.6) is 0 Å². The van der Waals surface area contributed by atoms with Crippen LogP contribution in [0.1, 0.15) is 18.1 Å². The highest BCUT2D eigenvalue weighted by Crippen LogP contribution is 2.36. The van der Waals surface area contributed by atoms with Gasteiger partial charge in [0.25, 0.3) is 15.7 Å². The number of hydrogen-bond acceptors (Lipinski definition) is 6. The van der Waals surface area contributed by atoms with Crippen LogP contribution >= 0.6 is 15.9 Å². The van der Waals surface area contributed by atoms with Gasteiger partial charge in [-0.2, -0.15) is 0 Å². The zero-order valence-corrected chi connectivity index (χ0v) is 18.1. The summed E-state index contributed by atoms with van der Waals surface area (Å²) in [6.45, 7) is 6.38. The molecule has 0 unspecified atom stereocenters. The van der Waals surface area contributed by atoms with E-state index >= 15 is 0 Å². The minimum Gasteiger partial charge on any atom is -0.368 e. The predicted molar refractivity (Wildman–Crippen MR) is 113 cm³/mol. The Balaban J connectivity index is 2.86. The number of nitro benzene ring substituents is 1. The van der Waals surface area contributed by atoms with Crippen molar-refractivity contribution >= 4 is 49.1 Å². The molecule has 0 spiro atoms. The summed E-state index contributed by atoms with van der Waals surface area (Å²) >= 11 is 3.23. The van der Waals surface area contributed by atoms with Gasteiger partial charge < -0.3 is 5.73 Å². The first-order chi connectivity index (χ1) is 13.5. The number of nitro groups is 1. The van der Waals surface area contributed by atoms with Crippen LogP contribution in [0.25, 0.3) is 0 Å². The number of sulfonamides is 1. The van der Waals surface area contributed by atoms with Crippen LogP contribution in [0.4, 0.5) is 17.2 Å². The van der Waals surface area contributed by atoms with Crippen LogP contribution in [0, 0.1) is 17.0 Å². The summed E-state index contributed by atoms with van der Waals surface area (Å²) in [6.07, 6.45) is 1.89. The van der Waals surface area contributed by atoms with Crippen molar-refractivity contribution in [3.63, 3.8) is 0 Å². The van der Waals surface area contributed by atoms with Crippen molar-refractivity contribution in [3.05, 3.63) is 68.8 Å². The van der Waals surface area contributed by atoms with Gasteiger partial charge in [0.1, 0.15) is 4.60 Å². The van der Waals surface area contributed by atoms with Crippen molar-refractivity contribution in [2.75, 3.05) is 4.31 Å². The van der Waals surface area contributed by atoms with Gasteiger partial charge in [0.05, 0.1) is 10.6 Å². The maximum absolute atomic E-state index is 13.3. The first kappa shape index (κ1) is 22.5. The highest BCUT2D eigenvalue weighted by Gasteiger charge is 2.37. The van der Waals surface area contributed by atoms with Gasteiger partial charge in [0, 0.05) is 12.1 Å². The van der Waals surface area contributed by atoms with Crippen LogP contribution in [0.3, 0.4) is 0 Å². The first-order valence-electron chi connectivity index (χ1n) is 8.35. The zero-order valence-electron chi connectivity index (χ0n) is 15.7. The van der Waals surface area contributed by atoms with E-state index in [1.807, 2.05) is 0 Å². The summed E-state index contributed by atoms with van der Waals surface area (Å²) in [5.74, 6) is -0.987. The summed E-state index contributed by atoms with van der Waals surface area (Å²) < 4.78 is 27.9. The number of halogens is 1. The number of rotatable bonds is 8. The number of pyridine rings is 1. The minimum atomic E-state index is -4.35. The van der Waals surface area contributed by atoms with Crippen molar-refractivity contribution in [1.82, 2.24) is 4.98 Å². The molecule has 0 saturated heterocycles. The SMILES string of the molecule is C=CCc1ccc(Br)nc1N(c1ccc([N+](=O)[O-])cc1C)S(=O)(=O)[C@@H](C)C(N)=O. The van der Waals surface area contributed by atoms with E-state index < -0.39 is 26.1 Å². The summed E-state index contributed by atoms with van der Waals surface area (Å²) in [5.41, 5.74) is 6.03. The molecule has 0 bridgehead atoms. The zero-order chi connectivity index (χ0) is 21.9. The Kier molecular flexibility index (Phi) is 6.75. The third-order valence-electron chi connectivity index (χ3n) is 4.19. The number of amides is 1. The maximum Gasteiger partial charge on any atom is 0.269 e. The number of non-ortho nitro benzene ring substituents is 1. The molecular weight excluding hydrogens is 464 g/mol. The maximum atomic E-state index is 13.3. The van der Waals surface area contributed by atoms with Gasteiger partial charge in [0.15, 0.2) is 11.1 Å². The number of anilines is 2. The Labute approximate surface area is 176 Å². The summed E-state index contributed by atoms with van der Waals surface area (Å²) in [7, 11) is -4.35. The number of carbonyl (C=O) groups is 1. The topological polar surface area (TPSA) is 136 Å². The quantitative estimate of drug-likeness (QED) is 0.265. The number of carbonyl (C=O) groups excluding carboxylic acids is 1. The lowest BCUT2D eigenvalue weighted by atomic mass is 10.1. The number of benzene rings is 1. The fraction of sp³-hybridized carbons (Fsp3) is 0.222. The highest BCUT2D eigenvalue weighted by atomic mass is 79.9. The van der Waals surface area contributed by atoms with Crippen molar-refractivity contribution in [2.45, 2.75) is 25.5 Å². The molecule has 0 saturated carbocycles. The van der Waals surface area contributed by atoms with Crippen molar-refractivity contribution in [2.24, 2.45) is 5.73 Å². The van der Waals surface area contributed by atoms with Crippen LogP contribution in [-0.2, 0) is 21.2 Å². The van der Waals surface area contributed by atoms with E-state index in [1.165, 1.54) is 32.0 Å². The van der Waals surface area contributed by atoms with Gasteiger partial charge in [-0.1, -0.05) is 12.1 Å². The number of nitrogens with two attached hydrogens (primary N) is 1. The molecule has 1 atom stereocenters. The second kappa shape index (κ2) is 8.70. The molecule has 9 nitrogen and oxygen atoms in total. The number of aryl methyl sites for hydroxylation is 1. The highest BCUT2D eigenvalue weighted by molar-refractivity contribution is 9.10. The first-order valence-corrected chi connectivity index (χ1v) is 10.6. The number of hydrogen-bond donors (Lipinski definition) is 1. The third-order valence-corrected chi connectivity index (χ3v) is 6.64. The predicted octanol–water partition coefficient (Wildman–Crippen LogP) is 3.13. The van der Waals surface area contributed by atoms with E-state index in [0.29, 0.717) is 22.2 Å². The Morgan fingerprint density at radius 3 is 2.59 bits per heavy atom. The lowest BCUT2D eigenvalue weighted by Gasteiger charge is -2.28. The van der Waals surface area contributed by atoms with Gasteiger partial charge in [-0.15, -0.1) is 6.58 Å². The fourth-order valence-electron chi connectivity index (χ4n) is 2.60. The number of aromatic nitrogens is 1. The standard InChI is InChI=1S/C18H19BrN4O5S/c1-4-5-13-6-9-16(19)21-18(13)22(29(27,28)12(3)17(20)24)15-8-7-14(23(25)26)10-11(15)2/h4,6-10,12H,1,5H2,2-3H3,(H2,20,24)/t12-/m0/s1. The summed E-state index contributed by atoms with van der Waals surface area (Å²) in [5, 5.41) is 9.50. The number of nitrogens with zero attached hydrogens (tertiary/aromatic N) is 3. The summed E-state index contributed by atoms with van der Waals surface area (Å²) in [4.78, 5) is 26.5. The van der Waals surface area contributed by atoms with Crippen LogP contribution in [0.15, 0.2) is 47.6 Å². The molecular formula is C18H19BrN4O5S. The van der Waals surface area contributed by atoms with E-state index in [0.717, 1.165) is 4.31 Å². The van der Waals surface area contributed by atoms with E-state index in [-0.39, 0.29) is 17.2 Å². The molecule has 0 aliphatic heterocycles. The Morgan fingerprint density at radius 1 is 1.41 bits per heavy atom. The molecule has 2 N–H and O–H groups in total. The number of primary amides is 1. The average Bonchev–Trinajstić information content (AvgIpc) is 2.64. The molecule has 1 aromatic heterocycles. The van der Waals surface area contributed by atoms with Crippen molar-refractivity contribution in [1.29, 1.82) is 0 Å². The molecule has 0 aliphatic carbocycles. The lowest BCUT2D eigenvalue weighted by Crippen LogP contribution is -2.42. The van der Waals surface area contributed by atoms with Gasteiger partial charge >= 0.3 is 0 Å². The normalized spacial score (nSPS) is 12.2. The third kappa shape index (κ3) is 4.62. The molecule has 0 aliphatic rings. The molecule has 29 heavy (non-hydrogen) atoms.